The normalized spacial score (nSPS) is 15.6. The summed E-state index contributed by atoms with van der Waals surface area (Å²) in [5.41, 5.74) is 3.83. The number of halogens is 4. The summed E-state index contributed by atoms with van der Waals surface area (Å²) < 4.78 is 53.9. The third-order valence-corrected chi connectivity index (χ3v) is 6.37. The van der Waals surface area contributed by atoms with E-state index in [0.717, 1.165) is 23.1 Å². The van der Waals surface area contributed by atoms with Crippen LogP contribution in [0.1, 0.15) is 48.2 Å². The highest BCUT2D eigenvalue weighted by Crippen LogP contribution is 2.39. The second-order valence-corrected chi connectivity index (χ2v) is 9.15. The first-order valence-electron chi connectivity index (χ1n) is 10.9. The van der Waals surface area contributed by atoms with E-state index in [9.17, 15) is 27.2 Å². The van der Waals surface area contributed by atoms with Crippen molar-refractivity contribution in [2.45, 2.75) is 44.8 Å². The third kappa shape index (κ3) is 5.39. The maximum atomic E-state index is 13.9. The topological polar surface area (TPSA) is 78.7 Å². The van der Waals surface area contributed by atoms with Crippen LogP contribution < -0.4 is 16.0 Å². The minimum absolute atomic E-state index is 0.00130. The molecule has 0 aliphatic carbocycles. The lowest BCUT2D eigenvalue weighted by Crippen LogP contribution is -2.44. The number of thiocarbonyl (C=S) groups is 1. The van der Waals surface area contributed by atoms with Crippen molar-refractivity contribution in [1.29, 1.82) is 0 Å². The van der Waals surface area contributed by atoms with Gasteiger partial charge in [0.15, 0.2) is 5.11 Å². The summed E-state index contributed by atoms with van der Waals surface area (Å²) in [5, 5.41) is 2.56. The van der Waals surface area contributed by atoms with Gasteiger partial charge in [0.25, 0.3) is 11.8 Å². The summed E-state index contributed by atoms with van der Waals surface area (Å²) >= 11 is 5.48. The van der Waals surface area contributed by atoms with E-state index in [1.54, 1.807) is 24.8 Å². The van der Waals surface area contributed by atoms with Crippen molar-refractivity contribution in [1.82, 2.24) is 10.2 Å². The van der Waals surface area contributed by atoms with Gasteiger partial charge >= 0.3 is 6.18 Å². The van der Waals surface area contributed by atoms with Crippen LogP contribution in [0.4, 0.5) is 28.9 Å². The second-order valence-electron chi connectivity index (χ2n) is 8.79. The molecular weight excluding hydrogens is 484 g/mol. The number of carbonyl (C=O) groups is 2. The molecule has 35 heavy (non-hydrogen) atoms. The number of rotatable bonds is 7. The fourth-order valence-electron chi connectivity index (χ4n) is 4.04. The zero-order valence-electron chi connectivity index (χ0n) is 19.5. The van der Waals surface area contributed by atoms with Crippen LogP contribution in [0.3, 0.4) is 0 Å². The molecule has 1 saturated heterocycles. The molecule has 0 saturated carbocycles. The van der Waals surface area contributed by atoms with Crippen molar-refractivity contribution >= 4 is 40.5 Å². The van der Waals surface area contributed by atoms with Crippen molar-refractivity contribution < 1.29 is 27.2 Å². The number of nitrogens with zero attached hydrogens (tertiary/aromatic N) is 2. The van der Waals surface area contributed by atoms with Crippen LogP contribution in [0.2, 0.25) is 0 Å². The molecule has 3 N–H and O–H groups in total. The fraction of sp³-hybridized carbons (Fsp3) is 0.375. The number of aryl methyl sites for hydroxylation is 1. The molecular formula is C24H26F4N4O2S. The standard InChI is InChI=1S/C24H26F4N4O2S/c1-23(2)21(34)32(17-7-8-19(29)18(13-17)24(26,27)28)22(35)31(23)9-5-4-6-14-10-15(20(33)30-3)12-16(25)11-14/h7-8,10-13H,4-6,9,29H2,1-3H3,(H,30,33). The molecule has 1 aliphatic rings. The minimum atomic E-state index is -4.67. The summed E-state index contributed by atoms with van der Waals surface area (Å²) in [7, 11) is 1.46. The van der Waals surface area contributed by atoms with Crippen LogP contribution in [0.15, 0.2) is 36.4 Å². The molecule has 0 radical (unpaired) electrons. The van der Waals surface area contributed by atoms with Crippen molar-refractivity contribution in [2.24, 2.45) is 0 Å². The molecule has 3 rings (SSSR count). The smallest absolute Gasteiger partial charge is 0.398 e. The van der Waals surface area contributed by atoms with E-state index in [2.05, 4.69) is 5.32 Å². The Labute approximate surface area is 206 Å². The lowest BCUT2D eigenvalue weighted by atomic mass is 10.0. The first-order valence-corrected chi connectivity index (χ1v) is 11.3. The number of benzene rings is 2. The molecule has 0 atom stereocenters. The summed E-state index contributed by atoms with van der Waals surface area (Å²) in [5.74, 6) is -1.34. The van der Waals surface area contributed by atoms with E-state index in [1.807, 2.05) is 0 Å². The van der Waals surface area contributed by atoms with Crippen molar-refractivity contribution in [2.75, 3.05) is 24.2 Å². The molecule has 1 heterocycles. The highest BCUT2D eigenvalue weighted by atomic mass is 32.1. The molecule has 1 aliphatic heterocycles. The number of hydrogen-bond donors (Lipinski definition) is 2. The summed E-state index contributed by atoms with van der Waals surface area (Å²) in [6.07, 6.45) is -2.99. The average Bonchev–Trinajstić information content (AvgIpc) is 2.94. The number of unbranched alkanes of at least 4 members (excludes halogenated alkanes) is 1. The van der Waals surface area contributed by atoms with Crippen LogP contribution in [0, 0.1) is 5.82 Å². The van der Waals surface area contributed by atoms with Gasteiger partial charge in [-0.05, 0) is 87.3 Å². The Hall–Kier alpha value is -3.21. The minimum Gasteiger partial charge on any atom is -0.398 e. The quantitative estimate of drug-likeness (QED) is 0.248. The largest absolute Gasteiger partial charge is 0.418 e. The van der Waals surface area contributed by atoms with E-state index in [1.165, 1.54) is 19.2 Å². The number of nitrogens with one attached hydrogen (secondary N) is 1. The van der Waals surface area contributed by atoms with Crippen LogP contribution in [-0.2, 0) is 17.4 Å². The van der Waals surface area contributed by atoms with E-state index in [-0.39, 0.29) is 22.3 Å². The highest BCUT2D eigenvalue weighted by Gasteiger charge is 2.49. The Morgan fingerprint density at radius 2 is 1.83 bits per heavy atom. The Morgan fingerprint density at radius 1 is 1.14 bits per heavy atom. The van der Waals surface area contributed by atoms with Crippen molar-refractivity contribution in [3.8, 4) is 0 Å². The van der Waals surface area contributed by atoms with E-state index >= 15 is 0 Å². The van der Waals surface area contributed by atoms with E-state index in [4.69, 9.17) is 18.0 Å². The van der Waals surface area contributed by atoms with Gasteiger partial charge in [-0.2, -0.15) is 13.2 Å². The third-order valence-electron chi connectivity index (χ3n) is 5.97. The number of nitrogen functional groups attached to an aromatic ring is 1. The van der Waals surface area contributed by atoms with Crippen molar-refractivity contribution in [3.63, 3.8) is 0 Å². The predicted octanol–water partition coefficient (Wildman–Crippen LogP) is 4.52. The average molecular weight is 511 g/mol. The number of alkyl halides is 3. The Kier molecular flexibility index (Phi) is 7.39. The van der Waals surface area contributed by atoms with Gasteiger partial charge in [-0.1, -0.05) is 0 Å². The molecule has 0 unspecified atom stereocenters. The van der Waals surface area contributed by atoms with Gasteiger partial charge in [0.1, 0.15) is 11.4 Å². The molecule has 2 aromatic carbocycles. The van der Waals surface area contributed by atoms with Gasteiger partial charge in [0.05, 0.1) is 11.3 Å². The molecule has 188 valence electrons. The number of carbonyl (C=O) groups excluding carboxylic acids is 2. The first kappa shape index (κ1) is 26.4. The first-order chi connectivity index (χ1) is 16.3. The molecule has 2 amide bonds. The SMILES string of the molecule is CNC(=O)c1cc(F)cc(CCCCN2C(=S)N(c3ccc(N)c(C(F)(F)F)c3)C(=O)C2(C)C)c1. The number of anilines is 2. The molecule has 11 heteroatoms. The van der Waals surface area contributed by atoms with Crippen LogP contribution in [-0.4, -0.2) is 41.0 Å². The monoisotopic (exact) mass is 510 g/mol. The maximum Gasteiger partial charge on any atom is 0.418 e. The zero-order chi connectivity index (χ0) is 26.1. The van der Waals surface area contributed by atoms with E-state index < -0.39 is 34.7 Å². The second kappa shape index (κ2) is 9.80. The Balaban J connectivity index is 1.72. The van der Waals surface area contributed by atoms with Gasteiger partial charge in [-0.15, -0.1) is 0 Å². The lowest BCUT2D eigenvalue weighted by Gasteiger charge is -2.29. The summed E-state index contributed by atoms with van der Waals surface area (Å²) in [6.45, 7) is 3.68. The van der Waals surface area contributed by atoms with Gasteiger partial charge < -0.3 is 16.0 Å². The zero-order valence-corrected chi connectivity index (χ0v) is 20.3. The summed E-state index contributed by atoms with van der Waals surface area (Å²) in [4.78, 5) is 27.7. The molecule has 0 aromatic heterocycles. The van der Waals surface area contributed by atoms with Gasteiger partial charge in [0, 0.05) is 24.8 Å². The molecule has 1 fully saturated rings. The van der Waals surface area contributed by atoms with E-state index in [0.29, 0.717) is 31.4 Å². The number of amides is 2. The Bertz CT molecular complexity index is 1170. The predicted molar refractivity (Wildman–Crippen MR) is 129 cm³/mol. The summed E-state index contributed by atoms with van der Waals surface area (Å²) in [6, 6.07) is 7.42. The van der Waals surface area contributed by atoms with Crippen LogP contribution in [0.5, 0.6) is 0 Å². The molecule has 0 bridgehead atoms. The molecule has 0 spiro atoms. The van der Waals surface area contributed by atoms with Crippen molar-refractivity contribution in [3.05, 3.63) is 58.9 Å². The maximum absolute atomic E-state index is 13.9. The highest BCUT2D eigenvalue weighted by molar-refractivity contribution is 7.80. The molecule has 6 nitrogen and oxygen atoms in total. The molecule has 2 aromatic rings. The van der Waals surface area contributed by atoms with Gasteiger partial charge in [-0.25, -0.2) is 4.39 Å². The number of hydrogen-bond acceptors (Lipinski definition) is 4. The van der Waals surface area contributed by atoms with Gasteiger partial charge in [-0.3, -0.25) is 14.5 Å². The van der Waals surface area contributed by atoms with Gasteiger partial charge in [0.2, 0.25) is 0 Å². The Morgan fingerprint density at radius 3 is 2.46 bits per heavy atom. The lowest BCUT2D eigenvalue weighted by molar-refractivity contribution is -0.137. The fourth-order valence-corrected chi connectivity index (χ4v) is 4.54. The number of nitrogens with two attached hydrogens (primary N) is 1. The van der Waals surface area contributed by atoms with Crippen LogP contribution in [0.25, 0.3) is 0 Å². The van der Waals surface area contributed by atoms with Crippen LogP contribution >= 0.6 is 12.2 Å².